The Kier molecular flexibility index (Phi) is 4.65. The van der Waals surface area contributed by atoms with Crippen LogP contribution in [0.15, 0.2) is 66.7 Å². The van der Waals surface area contributed by atoms with E-state index >= 15 is 0 Å². The van der Waals surface area contributed by atoms with Crippen molar-refractivity contribution >= 4 is 27.2 Å². The highest BCUT2D eigenvalue weighted by Gasteiger charge is 2.22. The van der Waals surface area contributed by atoms with Gasteiger partial charge in [-0.3, -0.25) is 4.79 Å². The number of phenolic OH excluding ortho intramolecular Hbond substituents is 2. The molecule has 4 aromatic rings. The van der Waals surface area contributed by atoms with Gasteiger partial charge >= 0.3 is 0 Å². The maximum Gasteiger partial charge on any atom is 0.195 e. The lowest BCUT2D eigenvalue weighted by molar-refractivity contribution is 0.104. The molecule has 28 heavy (non-hydrogen) atoms. The number of rotatable bonds is 4. The normalized spacial score (nSPS) is 11.2. The van der Waals surface area contributed by atoms with Crippen LogP contribution in [0.2, 0.25) is 0 Å². The fourth-order valence-electron chi connectivity index (χ4n) is 3.29. The quantitative estimate of drug-likeness (QED) is 0.401. The summed E-state index contributed by atoms with van der Waals surface area (Å²) in [5, 5.41) is 20.3. The Morgan fingerprint density at radius 3 is 2.14 bits per heavy atom. The summed E-state index contributed by atoms with van der Waals surface area (Å²) in [7, 11) is 0. The van der Waals surface area contributed by atoms with Crippen molar-refractivity contribution in [2.24, 2.45) is 0 Å². The van der Waals surface area contributed by atoms with Crippen LogP contribution in [-0.4, -0.2) is 16.0 Å². The van der Waals surface area contributed by atoms with Crippen molar-refractivity contribution < 1.29 is 15.0 Å². The molecule has 4 rings (SSSR count). The molecule has 1 heterocycles. The molecule has 0 saturated carbocycles. The second-order valence-electron chi connectivity index (χ2n) is 7.14. The molecule has 0 aliphatic rings. The van der Waals surface area contributed by atoms with Crippen LogP contribution in [-0.2, 0) is 0 Å². The first kappa shape index (κ1) is 18.3. The van der Waals surface area contributed by atoms with Gasteiger partial charge in [0, 0.05) is 26.1 Å². The van der Waals surface area contributed by atoms with Gasteiger partial charge < -0.3 is 10.2 Å². The molecular weight excluding hydrogens is 368 g/mol. The zero-order valence-electron chi connectivity index (χ0n) is 15.6. The van der Waals surface area contributed by atoms with E-state index in [1.165, 1.54) is 16.9 Å². The van der Waals surface area contributed by atoms with E-state index in [1.807, 2.05) is 24.3 Å². The summed E-state index contributed by atoms with van der Waals surface area (Å²) in [6.07, 6.45) is 0. The number of hydrogen-bond acceptors (Lipinski definition) is 4. The smallest absolute Gasteiger partial charge is 0.195 e. The number of aromatic hydroxyl groups is 2. The maximum atomic E-state index is 13.4. The van der Waals surface area contributed by atoms with Gasteiger partial charge in [-0.2, -0.15) is 0 Å². The highest BCUT2D eigenvalue weighted by molar-refractivity contribution is 7.22. The fourth-order valence-corrected chi connectivity index (χ4v) is 4.53. The second-order valence-corrected chi connectivity index (χ2v) is 8.19. The average Bonchev–Trinajstić information content (AvgIpc) is 3.06. The van der Waals surface area contributed by atoms with E-state index in [2.05, 4.69) is 13.8 Å². The fraction of sp³-hybridized carbons (Fsp3) is 0.125. The number of phenols is 2. The van der Waals surface area contributed by atoms with Crippen LogP contribution < -0.4 is 0 Å². The third-order valence-electron chi connectivity index (χ3n) is 4.87. The lowest BCUT2D eigenvalue weighted by Crippen LogP contribution is -2.02. The number of carbonyl (C=O) groups excluding carboxylic acids is 1. The van der Waals surface area contributed by atoms with Gasteiger partial charge in [-0.1, -0.05) is 38.1 Å². The molecule has 0 atom stereocenters. The Balaban J connectivity index is 1.89. The summed E-state index contributed by atoms with van der Waals surface area (Å²) in [4.78, 5) is 14.3. The van der Waals surface area contributed by atoms with E-state index in [4.69, 9.17) is 0 Å². The highest BCUT2D eigenvalue weighted by Crippen LogP contribution is 2.41. The molecule has 3 aromatic carbocycles. The number of fused-ring (bicyclic) bond motifs is 1. The molecule has 0 bridgehead atoms. The first-order chi connectivity index (χ1) is 13.4. The van der Waals surface area contributed by atoms with Crippen molar-refractivity contribution in [1.29, 1.82) is 0 Å². The first-order valence-electron chi connectivity index (χ1n) is 9.13. The van der Waals surface area contributed by atoms with Crippen molar-refractivity contribution in [3.8, 4) is 21.9 Å². The number of hydrogen-bond donors (Lipinski definition) is 2. The third-order valence-corrected chi connectivity index (χ3v) is 6.07. The van der Waals surface area contributed by atoms with E-state index in [-0.39, 0.29) is 17.3 Å². The molecule has 2 N–H and O–H groups in total. The van der Waals surface area contributed by atoms with E-state index < -0.39 is 0 Å². The van der Waals surface area contributed by atoms with E-state index in [9.17, 15) is 15.0 Å². The Labute approximate surface area is 167 Å². The molecule has 0 saturated heterocycles. The van der Waals surface area contributed by atoms with Gasteiger partial charge in [0.25, 0.3) is 0 Å². The largest absolute Gasteiger partial charge is 0.508 e. The zero-order chi connectivity index (χ0) is 19.8. The van der Waals surface area contributed by atoms with Crippen LogP contribution in [0.5, 0.6) is 11.5 Å². The van der Waals surface area contributed by atoms with Crippen LogP contribution in [0.4, 0.5) is 0 Å². The molecule has 0 radical (unpaired) electrons. The Bertz CT molecular complexity index is 1150. The molecule has 0 spiro atoms. The number of ketones is 1. The second kappa shape index (κ2) is 7.13. The molecule has 0 aliphatic heterocycles. The predicted octanol–water partition coefficient (Wildman–Crippen LogP) is 6.33. The first-order valence-corrected chi connectivity index (χ1v) is 9.95. The molecule has 0 unspecified atom stereocenters. The monoisotopic (exact) mass is 388 g/mol. The SMILES string of the molecule is CC(C)c1ccc(C(=O)c2c(-c3ccc(O)cc3)sc3cc(O)ccc23)cc1. The summed E-state index contributed by atoms with van der Waals surface area (Å²) in [6, 6.07) is 19.7. The molecule has 3 nitrogen and oxygen atoms in total. The molecule has 4 heteroatoms. The van der Waals surface area contributed by atoms with Gasteiger partial charge in [-0.25, -0.2) is 0 Å². The molecule has 0 fully saturated rings. The van der Waals surface area contributed by atoms with E-state index in [1.54, 1.807) is 42.5 Å². The minimum Gasteiger partial charge on any atom is -0.508 e. The summed E-state index contributed by atoms with van der Waals surface area (Å²) < 4.78 is 0.852. The lowest BCUT2D eigenvalue weighted by Gasteiger charge is -2.08. The molecule has 1 aromatic heterocycles. The van der Waals surface area contributed by atoms with Crippen molar-refractivity contribution in [3.05, 3.63) is 83.4 Å². The van der Waals surface area contributed by atoms with Crippen LogP contribution in [0, 0.1) is 0 Å². The lowest BCUT2D eigenvalue weighted by atomic mass is 9.95. The van der Waals surface area contributed by atoms with Gasteiger partial charge in [0.1, 0.15) is 11.5 Å². The maximum absolute atomic E-state index is 13.4. The Morgan fingerprint density at radius 1 is 0.857 bits per heavy atom. The van der Waals surface area contributed by atoms with Crippen LogP contribution in [0.3, 0.4) is 0 Å². The van der Waals surface area contributed by atoms with Crippen LogP contribution >= 0.6 is 11.3 Å². The van der Waals surface area contributed by atoms with Gasteiger partial charge in [0.15, 0.2) is 5.78 Å². The minimum absolute atomic E-state index is 0.0460. The summed E-state index contributed by atoms with van der Waals surface area (Å²) in [5.41, 5.74) is 3.32. The molecule has 0 aliphatic carbocycles. The number of benzene rings is 3. The van der Waals surface area contributed by atoms with Crippen LogP contribution in [0.25, 0.3) is 20.5 Å². The molecule has 0 amide bonds. The van der Waals surface area contributed by atoms with E-state index in [0.29, 0.717) is 17.0 Å². The van der Waals surface area contributed by atoms with E-state index in [0.717, 1.165) is 20.5 Å². The highest BCUT2D eigenvalue weighted by atomic mass is 32.1. The predicted molar refractivity (Wildman–Crippen MR) is 115 cm³/mol. The third kappa shape index (κ3) is 3.27. The summed E-state index contributed by atoms with van der Waals surface area (Å²) in [5.74, 6) is 0.711. The Hall–Kier alpha value is -3.11. The van der Waals surface area contributed by atoms with Gasteiger partial charge in [0.05, 0.1) is 0 Å². The van der Waals surface area contributed by atoms with Crippen molar-refractivity contribution in [3.63, 3.8) is 0 Å². The average molecular weight is 388 g/mol. The van der Waals surface area contributed by atoms with Crippen molar-refractivity contribution in [2.75, 3.05) is 0 Å². The zero-order valence-corrected chi connectivity index (χ0v) is 16.5. The van der Waals surface area contributed by atoms with Crippen molar-refractivity contribution in [2.45, 2.75) is 19.8 Å². The standard InChI is InChI=1S/C24H20O3S/c1-14(2)15-3-5-16(6-4-15)23(27)22-20-12-11-19(26)13-21(20)28-24(22)17-7-9-18(25)10-8-17/h3-14,25-26H,1-2H3. The topological polar surface area (TPSA) is 57.5 Å². The number of carbonyl (C=O) groups is 1. The summed E-state index contributed by atoms with van der Waals surface area (Å²) >= 11 is 1.47. The number of thiophene rings is 1. The van der Waals surface area contributed by atoms with Gasteiger partial charge in [-0.15, -0.1) is 11.3 Å². The molecule has 140 valence electrons. The van der Waals surface area contributed by atoms with Gasteiger partial charge in [-0.05, 0) is 59.5 Å². The minimum atomic E-state index is -0.0460. The van der Waals surface area contributed by atoms with Crippen molar-refractivity contribution in [1.82, 2.24) is 0 Å². The molecular formula is C24H20O3S. The Morgan fingerprint density at radius 2 is 1.50 bits per heavy atom. The summed E-state index contributed by atoms with van der Waals surface area (Å²) in [6.45, 7) is 4.25. The van der Waals surface area contributed by atoms with Crippen LogP contribution in [0.1, 0.15) is 41.3 Å². The van der Waals surface area contributed by atoms with Gasteiger partial charge in [0.2, 0.25) is 0 Å².